The number of alkyl halides is 1. The van der Waals surface area contributed by atoms with Crippen LogP contribution in [-0.2, 0) is 9.53 Å². The lowest BCUT2D eigenvalue weighted by Crippen LogP contribution is -2.46. The van der Waals surface area contributed by atoms with Gasteiger partial charge in [-0.15, -0.1) is 0 Å². The van der Waals surface area contributed by atoms with E-state index in [4.69, 9.17) is 0 Å². The Kier molecular flexibility index (Phi) is 5.89. The highest BCUT2D eigenvalue weighted by atomic mass is 79.9. The van der Waals surface area contributed by atoms with Gasteiger partial charge in [0.2, 0.25) is 0 Å². The highest BCUT2D eigenvalue weighted by molar-refractivity contribution is 9.10. The number of aliphatic hydroxyl groups is 1. The Bertz CT molecular complexity index is 262. The fourth-order valence-electron chi connectivity index (χ4n) is 2.44. The molecule has 0 spiro atoms. The van der Waals surface area contributed by atoms with E-state index in [1.165, 1.54) is 13.5 Å². The standard InChI is InChI=1S/C12H22BrNO3/c1-9-4-3-5-12(16,6-9)8-14-7-10(13)11(15)17-2/h9-10,14,16H,3-8H2,1-2H3. The summed E-state index contributed by atoms with van der Waals surface area (Å²) in [4.78, 5) is 10.8. The van der Waals surface area contributed by atoms with E-state index in [0.29, 0.717) is 19.0 Å². The first-order valence-corrected chi connectivity index (χ1v) is 7.03. The molecule has 0 aromatic heterocycles. The maximum absolute atomic E-state index is 11.2. The Labute approximate surface area is 111 Å². The molecule has 17 heavy (non-hydrogen) atoms. The van der Waals surface area contributed by atoms with Crippen molar-refractivity contribution in [1.29, 1.82) is 0 Å². The molecule has 0 saturated heterocycles. The van der Waals surface area contributed by atoms with E-state index in [2.05, 4.69) is 32.9 Å². The Hall–Kier alpha value is -0.130. The summed E-state index contributed by atoms with van der Waals surface area (Å²) in [5.41, 5.74) is -0.611. The molecule has 0 amide bonds. The van der Waals surface area contributed by atoms with E-state index in [9.17, 15) is 9.90 Å². The van der Waals surface area contributed by atoms with Gasteiger partial charge in [-0.2, -0.15) is 0 Å². The van der Waals surface area contributed by atoms with E-state index in [1.807, 2.05) is 0 Å². The molecule has 2 N–H and O–H groups in total. The van der Waals surface area contributed by atoms with E-state index in [1.54, 1.807) is 0 Å². The minimum Gasteiger partial charge on any atom is -0.468 e. The number of ether oxygens (including phenoxy) is 1. The zero-order valence-corrected chi connectivity index (χ0v) is 12.1. The number of hydrogen-bond acceptors (Lipinski definition) is 4. The van der Waals surface area contributed by atoms with Crippen LogP contribution in [-0.4, -0.2) is 41.7 Å². The molecular formula is C12H22BrNO3. The van der Waals surface area contributed by atoms with Gasteiger partial charge in [0.25, 0.3) is 0 Å². The molecule has 3 atom stereocenters. The fourth-order valence-corrected chi connectivity index (χ4v) is 2.85. The summed E-state index contributed by atoms with van der Waals surface area (Å²) < 4.78 is 4.61. The van der Waals surface area contributed by atoms with Gasteiger partial charge in [-0.05, 0) is 18.8 Å². The van der Waals surface area contributed by atoms with Gasteiger partial charge in [-0.3, -0.25) is 4.79 Å². The molecule has 1 fully saturated rings. The van der Waals surface area contributed by atoms with Gasteiger partial charge in [-0.1, -0.05) is 35.7 Å². The predicted molar refractivity (Wildman–Crippen MR) is 70.2 cm³/mol. The Balaban J connectivity index is 2.27. The van der Waals surface area contributed by atoms with Crippen LogP contribution in [0.5, 0.6) is 0 Å². The van der Waals surface area contributed by atoms with E-state index < -0.39 is 5.60 Å². The van der Waals surface area contributed by atoms with Crippen molar-refractivity contribution in [2.24, 2.45) is 5.92 Å². The molecule has 3 unspecified atom stereocenters. The predicted octanol–water partition coefficient (Wildman–Crippen LogP) is 1.45. The zero-order valence-electron chi connectivity index (χ0n) is 10.5. The monoisotopic (exact) mass is 307 g/mol. The van der Waals surface area contributed by atoms with Crippen molar-refractivity contribution in [3.8, 4) is 0 Å². The van der Waals surface area contributed by atoms with Crippen molar-refractivity contribution < 1.29 is 14.6 Å². The van der Waals surface area contributed by atoms with Gasteiger partial charge in [0.1, 0.15) is 4.83 Å². The second kappa shape index (κ2) is 6.71. The van der Waals surface area contributed by atoms with Crippen molar-refractivity contribution >= 4 is 21.9 Å². The Morgan fingerprint density at radius 1 is 1.71 bits per heavy atom. The third-order valence-electron chi connectivity index (χ3n) is 3.30. The number of rotatable bonds is 5. The molecule has 0 heterocycles. The molecule has 0 bridgehead atoms. The third kappa shape index (κ3) is 4.94. The molecule has 0 aliphatic heterocycles. The van der Waals surface area contributed by atoms with Gasteiger partial charge < -0.3 is 15.2 Å². The number of carbonyl (C=O) groups excluding carboxylic acids is 1. The van der Waals surface area contributed by atoms with E-state index >= 15 is 0 Å². The largest absolute Gasteiger partial charge is 0.468 e. The van der Waals surface area contributed by atoms with Crippen molar-refractivity contribution in [1.82, 2.24) is 5.32 Å². The molecule has 0 aromatic carbocycles. The minimum absolute atomic E-state index is 0.290. The van der Waals surface area contributed by atoms with Crippen LogP contribution in [0.25, 0.3) is 0 Å². The molecule has 100 valence electrons. The van der Waals surface area contributed by atoms with Crippen LogP contribution in [0.2, 0.25) is 0 Å². The van der Waals surface area contributed by atoms with Crippen LogP contribution in [0.4, 0.5) is 0 Å². The van der Waals surface area contributed by atoms with Crippen molar-refractivity contribution in [3.05, 3.63) is 0 Å². The number of methoxy groups -OCH3 is 1. The van der Waals surface area contributed by atoms with Crippen LogP contribution in [0.15, 0.2) is 0 Å². The SMILES string of the molecule is COC(=O)C(Br)CNCC1(O)CCCC(C)C1. The highest BCUT2D eigenvalue weighted by Crippen LogP contribution is 2.31. The number of esters is 1. The first kappa shape index (κ1) is 14.9. The summed E-state index contributed by atoms with van der Waals surface area (Å²) in [6.07, 6.45) is 3.96. The number of halogens is 1. The molecule has 1 aliphatic carbocycles. The van der Waals surface area contributed by atoms with Crippen molar-refractivity contribution in [3.63, 3.8) is 0 Å². The van der Waals surface area contributed by atoms with Crippen LogP contribution >= 0.6 is 15.9 Å². The second-order valence-corrected chi connectivity index (χ2v) is 6.15. The number of carbonyl (C=O) groups is 1. The summed E-state index contributed by atoms with van der Waals surface area (Å²) in [7, 11) is 1.37. The molecule has 0 aromatic rings. The molecule has 4 nitrogen and oxygen atoms in total. The quantitative estimate of drug-likeness (QED) is 0.596. The summed E-state index contributed by atoms with van der Waals surface area (Å²) in [6, 6.07) is 0. The van der Waals surface area contributed by atoms with Gasteiger partial charge in [-0.25, -0.2) is 0 Å². The molecule has 1 aliphatic rings. The summed E-state index contributed by atoms with van der Waals surface area (Å²) in [5.74, 6) is 0.289. The summed E-state index contributed by atoms with van der Waals surface area (Å²) in [6.45, 7) is 3.19. The average Bonchev–Trinajstić information content (AvgIpc) is 2.27. The fraction of sp³-hybridized carbons (Fsp3) is 0.917. The van der Waals surface area contributed by atoms with Crippen molar-refractivity contribution in [2.45, 2.75) is 43.0 Å². The zero-order chi connectivity index (χ0) is 12.9. The number of nitrogens with one attached hydrogen (secondary N) is 1. The van der Waals surface area contributed by atoms with Crippen LogP contribution in [0.3, 0.4) is 0 Å². The first-order chi connectivity index (χ1) is 7.97. The van der Waals surface area contributed by atoms with E-state index in [-0.39, 0.29) is 10.8 Å². The molecule has 0 radical (unpaired) electrons. The summed E-state index contributed by atoms with van der Waals surface area (Å²) in [5, 5.41) is 13.5. The molecular weight excluding hydrogens is 286 g/mol. The second-order valence-electron chi connectivity index (χ2n) is 5.05. The Morgan fingerprint density at radius 2 is 2.41 bits per heavy atom. The molecule has 1 saturated carbocycles. The Morgan fingerprint density at radius 3 is 3.00 bits per heavy atom. The maximum Gasteiger partial charge on any atom is 0.320 e. The lowest BCUT2D eigenvalue weighted by atomic mass is 9.79. The third-order valence-corrected chi connectivity index (χ3v) is 4.00. The molecule has 1 rings (SSSR count). The first-order valence-electron chi connectivity index (χ1n) is 6.12. The maximum atomic E-state index is 11.2. The van der Waals surface area contributed by atoms with E-state index in [0.717, 1.165) is 19.3 Å². The van der Waals surface area contributed by atoms with Crippen LogP contribution < -0.4 is 5.32 Å². The lowest BCUT2D eigenvalue weighted by molar-refractivity contribution is -0.139. The normalized spacial score (nSPS) is 30.9. The van der Waals surface area contributed by atoms with Crippen LogP contribution in [0.1, 0.15) is 32.6 Å². The van der Waals surface area contributed by atoms with Gasteiger partial charge in [0.15, 0.2) is 0 Å². The van der Waals surface area contributed by atoms with Crippen molar-refractivity contribution in [2.75, 3.05) is 20.2 Å². The van der Waals surface area contributed by atoms with Crippen LogP contribution in [0, 0.1) is 5.92 Å². The average molecular weight is 308 g/mol. The summed E-state index contributed by atoms with van der Waals surface area (Å²) >= 11 is 3.24. The van der Waals surface area contributed by atoms with Gasteiger partial charge >= 0.3 is 5.97 Å². The highest BCUT2D eigenvalue weighted by Gasteiger charge is 2.32. The smallest absolute Gasteiger partial charge is 0.320 e. The lowest BCUT2D eigenvalue weighted by Gasteiger charge is -2.35. The number of hydrogen-bond donors (Lipinski definition) is 2. The van der Waals surface area contributed by atoms with Gasteiger partial charge in [0, 0.05) is 13.1 Å². The molecule has 5 heteroatoms. The minimum atomic E-state index is -0.611. The van der Waals surface area contributed by atoms with Gasteiger partial charge in [0.05, 0.1) is 12.7 Å². The topological polar surface area (TPSA) is 58.6 Å².